The van der Waals surface area contributed by atoms with E-state index in [1.54, 1.807) is 0 Å². The third-order valence-corrected chi connectivity index (χ3v) is 5.83. The number of nitrogens with one attached hydrogen (secondary N) is 1. The molecule has 2 aliphatic rings. The molecule has 0 aromatic heterocycles. The fourth-order valence-corrected chi connectivity index (χ4v) is 3.64. The predicted molar refractivity (Wildman–Crippen MR) is 85.5 cm³/mol. The molecule has 1 saturated heterocycles. The molecule has 3 rings (SSSR count). The number of phenols is 2. The van der Waals surface area contributed by atoms with E-state index in [-0.39, 0.29) is 17.5 Å². The lowest BCUT2D eigenvalue weighted by atomic mass is 9.66. The standard InChI is InChI=1S/C17H20N2O5/c1-15(2)16(3)6-7-17(15,24-14(16)23)13(22)19-18-9-10-4-5-11(20)8-12(10)21/h4-5,8-9,20-21H,6-7H2,1-3H3,(H,19,22)/t16-,17+/m0/s1. The first-order valence-corrected chi connectivity index (χ1v) is 7.73. The number of phenolic OH excluding ortho intramolecular Hbond substituents is 2. The zero-order valence-electron chi connectivity index (χ0n) is 13.8. The Morgan fingerprint density at radius 2 is 2.00 bits per heavy atom. The lowest BCUT2D eigenvalue weighted by molar-refractivity contribution is -0.168. The highest BCUT2D eigenvalue weighted by molar-refractivity contribution is 5.96. The first-order chi connectivity index (χ1) is 11.1. The molecule has 0 unspecified atom stereocenters. The number of rotatable bonds is 3. The minimum Gasteiger partial charge on any atom is -0.508 e. The van der Waals surface area contributed by atoms with E-state index in [1.807, 2.05) is 20.8 Å². The van der Waals surface area contributed by atoms with Crippen LogP contribution < -0.4 is 5.43 Å². The van der Waals surface area contributed by atoms with Gasteiger partial charge in [0.1, 0.15) is 11.5 Å². The van der Waals surface area contributed by atoms with Crippen LogP contribution in [0.4, 0.5) is 0 Å². The molecular formula is C17H20N2O5. The van der Waals surface area contributed by atoms with E-state index in [4.69, 9.17) is 4.74 Å². The molecule has 2 atom stereocenters. The average molecular weight is 332 g/mol. The van der Waals surface area contributed by atoms with E-state index >= 15 is 0 Å². The Hall–Kier alpha value is -2.57. The first-order valence-electron chi connectivity index (χ1n) is 7.73. The van der Waals surface area contributed by atoms with E-state index in [1.165, 1.54) is 24.4 Å². The Balaban J connectivity index is 1.79. The molecule has 2 fully saturated rings. The van der Waals surface area contributed by atoms with Crippen LogP contribution in [0.25, 0.3) is 0 Å². The summed E-state index contributed by atoms with van der Waals surface area (Å²) in [5.74, 6) is -1.06. The molecule has 2 bridgehead atoms. The molecule has 1 aromatic rings. The van der Waals surface area contributed by atoms with Crippen molar-refractivity contribution in [3.63, 3.8) is 0 Å². The van der Waals surface area contributed by atoms with Crippen molar-refractivity contribution in [2.45, 2.75) is 39.2 Å². The molecule has 1 amide bonds. The summed E-state index contributed by atoms with van der Waals surface area (Å²) >= 11 is 0. The van der Waals surface area contributed by atoms with Crippen molar-refractivity contribution in [2.24, 2.45) is 15.9 Å². The van der Waals surface area contributed by atoms with Gasteiger partial charge < -0.3 is 14.9 Å². The number of aromatic hydroxyl groups is 2. The quantitative estimate of drug-likeness (QED) is 0.443. The molecule has 1 heterocycles. The average Bonchev–Trinajstić information content (AvgIpc) is 2.79. The van der Waals surface area contributed by atoms with Crippen LogP contribution in [0.15, 0.2) is 23.3 Å². The number of benzene rings is 1. The Kier molecular flexibility index (Phi) is 3.37. The number of hydrazone groups is 1. The van der Waals surface area contributed by atoms with E-state index in [2.05, 4.69) is 10.5 Å². The Morgan fingerprint density at radius 1 is 1.29 bits per heavy atom. The maximum atomic E-state index is 12.7. The normalized spacial score (nSPS) is 30.5. The number of ether oxygens (including phenoxy) is 1. The zero-order chi connectivity index (χ0) is 17.8. The van der Waals surface area contributed by atoms with E-state index in [0.29, 0.717) is 18.4 Å². The summed E-state index contributed by atoms with van der Waals surface area (Å²) < 4.78 is 5.46. The molecule has 128 valence electrons. The summed E-state index contributed by atoms with van der Waals surface area (Å²) in [7, 11) is 0. The summed E-state index contributed by atoms with van der Waals surface area (Å²) in [6, 6.07) is 4.03. The van der Waals surface area contributed by atoms with Crippen LogP contribution in [0.5, 0.6) is 11.5 Å². The molecule has 3 N–H and O–H groups in total. The fourth-order valence-electron chi connectivity index (χ4n) is 3.64. The van der Waals surface area contributed by atoms with Gasteiger partial charge in [0.25, 0.3) is 5.91 Å². The van der Waals surface area contributed by atoms with Crippen LogP contribution in [-0.4, -0.2) is 33.9 Å². The van der Waals surface area contributed by atoms with Gasteiger partial charge in [-0.05, 0) is 31.9 Å². The molecule has 1 aliphatic heterocycles. The third-order valence-electron chi connectivity index (χ3n) is 5.83. The summed E-state index contributed by atoms with van der Waals surface area (Å²) in [5, 5.41) is 22.8. The SMILES string of the molecule is CC1(C)[C@@]2(C)CC[C@]1(C(=O)NN=Cc1ccc(O)cc1O)OC2=O. The number of carbonyl (C=O) groups is 2. The van der Waals surface area contributed by atoms with Crippen LogP contribution >= 0.6 is 0 Å². The predicted octanol–water partition coefficient (Wildman–Crippen LogP) is 1.67. The summed E-state index contributed by atoms with van der Waals surface area (Å²) in [6.07, 6.45) is 2.31. The topological polar surface area (TPSA) is 108 Å². The number of hydrogen-bond donors (Lipinski definition) is 3. The van der Waals surface area contributed by atoms with Gasteiger partial charge in [0.15, 0.2) is 5.60 Å². The molecule has 24 heavy (non-hydrogen) atoms. The van der Waals surface area contributed by atoms with Crippen molar-refractivity contribution in [2.75, 3.05) is 0 Å². The van der Waals surface area contributed by atoms with Gasteiger partial charge in [-0.2, -0.15) is 5.10 Å². The highest BCUT2D eigenvalue weighted by Crippen LogP contribution is 2.65. The largest absolute Gasteiger partial charge is 0.508 e. The number of nitrogens with zero attached hydrogens (tertiary/aromatic N) is 1. The Bertz CT molecular complexity index is 757. The number of amides is 1. The number of hydrogen-bond acceptors (Lipinski definition) is 6. The summed E-state index contributed by atoms with van der Waals surface area (Å²) in [4.78, 5) is 24.8. The maximum absolute atomic E-state index is 12.7. The monoisotopic (exact) mass is 332 g/mol. The summed E-state index contributed by atoms with van der Waals surface area (Å²) in [6.45, 7) is 5.55. The Morgan fingerprint density at radius 3 is 2.54 bits per heavy atom. The number of carbonyl (C=O) groups excluding carboxylic acids is 2. The van der Waals surface area contributed by atoms with E-state index < -0.39 is 22.3 Å². The fraction of sp³-hybridized carbons (Fsp3) is 0.471. The number of esters is 1. The number of fused-ring (bicyclic) bond motifs is 2. The van der Waals surface area contributed by atoms with Crippen molar-refractivity contribution in [1.82, 2.24) is 5.43 Å². The lowest BCUT2D eigenvalue weighted by Gasteiger charge is -2.34. The molecule has 0 spiro atoms. The Labute approximate surface area is 139 Å². The maximum Gasteiger partial charge on any atom is 0.313 e. The molecular weight excluding hydrogens is 312 g/mol. The van der Waals surface area contributed by atoms with Crippen molar-refractivity contribution in [1.29, 1.82) is 0 Å². The van der Waals surface area contributed by atoms with E-state index in [0.717, 1.165) is 0 Å². The van der Waals surface area contributed by atoms with Crippen molar-refractivity contribution < 1.29 is 24.5 Å². The van der Waals surface area contributed by atoms with Gasteiger partial charge in [-0.1, -0.05) is 13.8 Å². The van der Waals surface area contributed by atoms with Gasteiger partial charge in [-0.3, -0.25) is 9.59 Å². The van der Waals surface area contributed by atoms with Crippen LogP contribution in [0.1, 0.15) is 39.2 Å². The van der Waals surface area contributed by atoms with Crippen LogP contribution in [0, 0.1) is 10.8 Å². The van der Waals surface area contributed by atoms with Gasteiger partial charge in [0.05, 0.1) is 11.6 Å². The van der Waals surface area contributed by atoms with E-state index in [9.17, 15) is 19.8 Å². The minimum absolute atomic E-state index is 0.0718. The molecule has 1 aliphatic carbocycles. The molecule has 7 nitrogen and oxygen atoms in total. The van der Waals surface area contributed by atoms with Crippen LogP contribution in [-0.2, 0) is 14.3 Å². The smallest absolute Gasteiger partial charge is 0.313 e. The van der Waals surface area contributed by atoms with Crippen molar-refractivity contribution >= 4 is 18.1 Å². The lowest BCUT2D eigenvalue weighted by Crippen LogP contribution is -2.52. The second-order valence-corrected chi connectivity index (χ2v) is 7.12. The minimum atomic E-state index is -1.23. The molecule has 0 radical (unpaired) electrons. The van der Waals surface area contributed by atoms with Gasteiger partial charge in [0, 0.05) is 17.0 Å². The summed E-state index contributed by atoms with van der Waals surface area (Å²) in [5.41, 5.74) is 0.196. The zero-order valence-corrected chi connectivity index (χ0v) is 13.8. The van der Waals surface area contributed by atoms with Crippen molar-refractivity contribution in [3.8, 4) is 11.5 Å². The van der Waals surface area contributed by atoms with Crippen molar-refractivity contribution in [3.05, 3.63) is 23.8 Å². The first kappa shape index (κ1) is 16.3. The van der Waals surface area contributed by atoms with Crippen LogP contribution in [0.2, 0.25) is 0 Å². The van der Waals surface area contributed by atoms with Gasteiger partial charge in [0.2, 0.25) is 0 Å². The third kappa shape index (κ3) is 1.93. The second-order valence-electron chi connectivity index (χ2n) is 7.12. The van der Waals surface area contributed by atoms with Crippen LogP contribution in [0.3, 0.4) is 0 Å². The van der Waals surface area contributed by atoms with Gasteiger partial charge in [-0.15, -0.1) is 0 Å². The van der Waals surface area contributed by atoms with Gasteiger partial charge in [-0.25, -0.2) is 5.43 Å². The molecule has 7 heteroatoms. The molecule has 1 saturated carbocycles. The molecule has 1 aromatic carbocycles. The second kappa shape index (κ2) is 4.96. The highest BCUT2D eigenvalue weighted by atomic mass is 16.6. The highest BCUT2D eigenvalue weighted by Gasteiger charge is 2.75. The van der Waals surface area contributed by atoms with Gasteiger partial charge >= 0.3 is 5.97 Å².